The number of carbonyl (C=O) groups excluding carboxylic acids is 1. The minimum atomic E-state index is -0.769. The topological polar surface area (TPSA) is 139 Å². The van der Waals surface area contributed by atoms with Crippen molar-refractivity contribution in [1.82, 2.24) is 9.55 Å². The van der Waals surface area contributed by atoms with E-state index in [1.54, 1.807) is 13.8 Å². The molecule has 10 heteroatoms. The lowest BCUT2D eigenvalue weighted by Crippen LogP contribution is -2.33. The van der Waals surface area contributed by atoms with Gasteiger partial charge in [0.25, 0.3) is 5.56 Å². The van der Waals surface area contributed by atoms with Gasteiger partial charge < -0.3 is 9.47 Å². The van der Waals surface area contributed by atoms with Crippen LogP contribution in [0.3, 0.4) is 0 Å². The molecule has 1 saturated heterocycles. The van der Waals surface area contributed by atoms with Crippen LogP contribution in [0.4, 0.5) is 0 Å². The fourth-order valence-electron chi connectivity index (χ4n) is 5.77. The van der Waals surface area contributed by atoms with Gasteiger partial charge in [-0.3, -0.25) is 14.3 Å². The average Bonchev–Trinajstić information content (AvgIpc) is 3.26. The zero-order chi connectivity index (χ0) is 30.3. The van der Waals surface area contributed by atoms with E-state index in [4.69, 9.17) is 15.0 Å². The first kappa shape index (κ1) is 31.6. The van der Waals surface area contributed by atoms with Crippen LogP contribution in [0, 0.1) is 12.3 Å². The van der Waals surface area contributed by atoms with Crippen molar-refractivity contribution < 1.29 is 14.3 Å². The number of aromatic nitrogens is 2. The molecule has 1 fully saturated rings. The number of nitrogens with one attached hydrogen (secondary N) is 1. The van der Waals surface area contributed by atoms with E-state index in [1.807, 2.05) is 18.2 Å². The van der Waals surface area contributed by atoms with E-state index >= 15 is 0 Å². The number of esters is 1. The maximum absolute atomic E-state index is 12.5. The van der Waals surface area contributed by atoms with Crippen LogP contribution in [0.25, 0.3) is 10.4 Å². The second-order valence-corrected chi connectivity index (χ2v) is 11.6. The number of allylic oxidation sites excluding steroid dienone is 9. The summed E-state index contributed by atoms with van der Waals surface area (Å²) in [6.07, 6.45) is 13.0. The normalized spacial score (nSPS) is 23.6. The highest BCUT2D eigenvalue weighted by Crippen LogP contribution is 2.43. The highest BCUT2D eigenvalue weighted by molar-refractivity contribution is 5.83. The molecule has 0 spiro atoms. The number of H-pyrrole nitrogens is 1. The summed E-state index contributed by atoms with van der Waals surface area (Å²) >= 11 is 0. The fourth-order valence-corrected chi connectivity index (χ4v) is 5.77. The van der Waals surface area contributed by atoms with Crippen LogP contribution in [-0.2, 0) is 14.3 Å². The lowest BCUT2D eigenvalue weighted by Gasteiger charge is -2.35. The number of aromatic amines is 1. The van der Waals surface area contributed by atoms with E-state index in [0.29, 0.717) is 11.1 Å². The number of carbonyl (C=O) groups is 1. The Hall–Kier alpha value is -3.88. The van der Waals surface area contributed by atoms with Gasteiger partial charge in [-0.1, -0.05) is 54.4 Å². The smallest absolute Gasteiger partial charge is 0.331 e. The van der Waals surface area contributed by atoms with Gasteiger partial charge in [-0.2, -0.15) is 0 Å². The van der Waals surface area contributed by atoms with Gasteiger partial charge in [0, 0.05) is 29.2 Å². The van der Waals surface area contributed by atoms with Gasteiger partial charge >= 0.3 is 11.7 Å². The van der Waals surface area contributed by atoms with E-state index in [1.165, 1.54) is 46.4 Å². The number of rotatable bonds is 9. The average molecular weight is 564 g/mol. The van der Waals surface area contributed by atoms with Crippen LogP contribution in [-0.4, -0.2) is 34.3 Å². The monoisotopic (exact) mass is 563 g/mol. The first-order chi connectivity index (χ1) is 19.3. The largest absolute Gasteiger partial charge is 0.460 e. The first-order valence-corrected chi connectivity index (χ1v) is 13.9. The maximum atomic E-state index is 12.5. The zero-order valence-electron chi connectivity index (χ0n) is 25.1. The summed E-state index contributed by atoms with van der Waals surface area (Å²) in [7, 11) is 0. The number of aryl methyl sites for hydroxylation is 1. The second kappa shape index (κ2) is 13.7. The summed E-state index contributed by atoms with van der Waals surface area (Å²) in [5.74, 6) is -0.561. The van der Waals surface area contributed by atoms with Crippen LogP contribution in [0.15, 0.2) is 79.1 Å². The molecular weight excluding hydrogens is 522 g/mol. The molecule has 1 aromatic heterocycles. The number of hydrogen-bond donors (Lipinski definition) is 1. The number of azide groups is 1. The Bertz CT molecular complexity index is 1480. The number of ether oxygens (including phenoxy) is 2. The summed E-state index contributed by atoms with van der Waals surface area (Å²) < 4.78 is 12.5. The molecule has 3 atom stereocenters. The van der Waals surface area contributed by atoms with Gasteiger partial charge in [-0.25, -0.2) is 9.59 Å². The van der Waals surface area contributed by atoms with Crippen molar-refractivity contribution in [1.29, 1.82) is 0 Å². The van der Waals surface area contributed by atoms with Crippen molar-refractivity contribution in [3.05, 3.63) is 101 Å². The van der Waals surface area contributed by atoms with E-state index in [2.05, 4.69) is 55.7 Å². The number of nitrogens with zero attached hydrogens (tertiary/aromatic N) is 4. The Morgan fingerprint density at radius 2 is 1.98 bits per heavy atom. The Kier molecular flexibility index (Phi) is 10.5. The summed E-state index contributed by atoms with van der Waals surface area (Å²) in [4.78, 5) is 41.5. The van der Waals surface area contributed by atoms with E-state index in [0.717, 1.165) is 12.0 Å². The molecule has 1 N–H and O–H groups in total. The summed E-state index contributed by atoms with van der Waals surface area (Å²) in [6, 6.07) is -0.648. The van der Waals surface area contributed by atoms with Crippen molar-refractivity contribution in [3.63, 3.8) is 0 Å². The summed E-state index contributed by atoms with van der Waals surface area (Å²) in [6.45, 7) is 14.3. The molecule has 0 bridgehead atoms. The van der Waals surface area contributed by atoms with Gasteiger partial charge in [0.1, 0.15) is 18.9 Å². The Morgan fingerprint density at radius 1 is 1.24 bits per heavy atom. The minimum absolute atomic E-state index is 0.154. The molecular formula is C31H41N5O5. The third-order valence-electron chi connectivity index (χ3n) is 7.61. The Labute approximate surface area is 240 Å². The van der Waals surface area contributed by atoms with Gasteiger partial charge in [0.15, 0.2) is 0 Å². The molecule has 0 amide bonds. The van der Waals surface area contributed by atoms with Crippen LogP contribution in [0.2, 0.25) is 0 Å². The highest BCUT2D eigenvalue weighted by atomic mass is 16.6. The van der Waals surface area contributed by atoms with E-state index in [9.17, 15) is 14.4 Å². The standard InChI is InChI=1S/C31H41N5O5/c1-19(14-22(4)28-21(3)12-9-13-31(28,6)7)10-8-11-20(2)15-27(37)40-18-25-24(34-35-32)16-26(41-25)36-17-23(5)29(38)33-30(36)39/h8,10-11,14-15,17,24-26H,9,12-13,16,18H2,1-7H3,(H,33,38,39)/b11-8+,19-10+,20-15+,22-14+/t24-,25+,26+/m0/s1. The predicted molar refractivity (Wildman–Crippen MR) is 159 cm³/mol. The molecule has 1 aliphatic heterocycles. The van der Waals surface area contributed by atoms with Gasteiger partial charge in [-0.15, -0.1) is 0 Å². The van der Waals surface area contributed by atoms with E-state index in [-0.39, 0.29) is 18.4 Å². The molecule has 2 aliphatic rings. The summed E-state index contributed by atoms with van der Waals surface area (Å²) in [5.41, 5.74) is 14.4. The Morgan fingerprint density at radius 3 is 2.66 bits per heavy atom. The molecule has 0 aromatic carbocycles. The van der Waals surface area contributed by atoms with Crippen LogP contribution >= 0.6 is 0 Å². The van der Waals surface area contributed by atoms with Crippen molar-refractivity contribution in [3.8, 4) is 0 Å². The molecule has 41 heavy (non-hydrogen) atoms. The fraction of sp³-hybridized carbons (Fsp3) is 0.516. The molecule has 0 saturated carbocycles. The molecule has 0 radical (unpaired) electrons. The van der Waals surface area contributed by atoms with Gasteiger partial charge in [0.2, 0.25) is 0 Å². The molecule has 0 unspecified atom stereocenters. The first-order valence-electron chi connectivity index (χ1n) is 13.9. The third kappa shape index (κ3) is 8.31. The van der Waals surface area contributed by atoms with Crippen LogP contribution in [0.1, 0.15) is 79.0 Å². The number of hydrogen-bond acceptors (Lipinski definition) is 6. The van der Waals surface area contributed by atoms with Crippen LogP contribution in [0.5, 0.6) is 0 Å². The quantitative estimate of drug-likeness (QED) is 0.0941. The van der Waals surface area contributed by atoms with Crippen molar-refractivity contribution in [2.75, 3.05) is 6.61 Å². The van der Waals surface area contributed by atoms with Gasteiger partial charge in [0.05, 0.1) is 6.04 Å². The summed E-state index contributed by atoms with van der Waals surface area (Å²) in [5, 5.41) is 3.74. The van der Waals surface area contributed by atoms with Crippen LogP contribution < -0.4 is 11.2 Å². The predicted octanol–water partition coefficient (Wildman–Crippen LogP) is 6.28. The van der Waals surface area contributed by atoms with Gasteiger partial charge in [-0.05, 0) is 81.5 Å². The SMILES string of the molecule is CC1=C(/C(C)=C/C(C)=C/C=C/C(C)=C/C(=O)OC[C@H]2O[C@@H](n3cc(C)c(=O)[nH]c3=O)C[C@@H]2N=[N+]=[N-])C(C)(C)CCC1. The molecule has 1 aliphatic carbocycles. The second-order valence-electron chi connectivity index (χ2n) is 11.6. The molecule has 10 nitrogen and oxygen atoms in total. The van der Waals surface area contributed by atoms with E-state index < -0.39 is 35.6 Å². The Balaban J connectivity index is 1.61. The lowest BCUT2D eigenvalue weighted by atomic mass is 9.70. The molecule has 1 aromatic rings. The minimum Gasteiger partial charge on any atom is -0.460 e. The third-order valence-corrected chi connectivity index (χ3v) is 7.61. The molecule has 2 heterocycles. The van der Waals surface area contributed by atoms with Crippen molar-refractivity contribution >= 4 is 5.97 Å². The lowest BCUT2D eigenvalue weighted by molar-refractivity contribution is -0.142. The van der Waals surface area contributed by atoms with Crippen molar-refractivity contribution in [2.45, 2.75) is 92.5 Å². The zero-order valence-corrected chi connectivity index (χ0v) is 25.1. The highest BCUT2D eigenvalue weighted by Gasteiger charge is 2.37. The molecule has 220 valence electrons. The molecule has 3 rings (SSSR count). The van der Waals surface area contributed by atoms with Crippen molar-refractivity contribution in [2.24, 2.45) is 10.5 Å². The maximum Gasteiger partial charge on any atom is 0.331 e.